The highest BCUT2D eigenvalue weighted by Gasteiger charge is 2.34. The van der Waals surface area contributed by atoms with E-state index in [-0.39, 0.29) is 12.5 Å². The number of halogens is 1. The lowest BCUT2D eigenvalue weighted by molar-refractivity contribution is -0.127. The summed E-state index contributed by atoms with van der Waals surface area (Å²) in [7, 11) is 0. The van der Waals surface area contributed by atoms with E-state index >= 15 is 0 Å². The predicted octanol–water partition coefficient (Wildman–Crippen LogP) is 4.28. The van der Waals surface area contributed by atoms with Crippen molar-refractivity contribution in [3.05, 3.63) is 78.1 Å². The van der Waals surface area contributed by atoms with Crippen molar-refractivity contribution < 1.29 is 23.5 Å². The van der Waals surface area contributed by atoms with Gasteiger partial charge in [-0.25, -0.2) is 9.07 Å². The van der Waals surface area contributed by atoms with Crippen LogP contribution in [0.2, 0.25) is 0 Å². The molecule has 1 aromatic heterocycles. The third-order valence-electron chi connectivity index (χ3n) is 6.49. The summed E-state index contributed by atoms with van der Waals surface area (Å²) in [4.78, 5) is 29.3. The Kier molecular flexibility index (Phi) is 7.72. The van der Waals surface area contributed by atoms with Gasteiger partial charge in [-0.15, -0.1) is 5.10 Å². The molecule has 0 saturated carbocycles. The van der Waals surface area contributed by atoms with Gasteiger partial charge in [-0.2, -0.15) is 0 Å². The van der Waals surface area contributed by atoms with Crippen molar-refractivity contribution in [3.8, 4) is 11.5 Å². The minimum atomic E-state index is -1.08. The molecule has 0 unspecified atom stereocenters. The molecule has 10 heteroatoms. The second-order valence-corrected chi connectivity index (χ2v) is 9.76. The van der Waals surface area contributed by atoms with E-state index in [0.29, 0.717) is 59.5 Å². The van der Waals surface area contributed by atoms with Gasteiger partial charge in [-0.3, -0.25) is 14.5 Å². The quantitative estimate of drug-likeness (QED) is 0.346. The highest BCUT2D eigenvalue weighted by molar-refractivity contribution is 6.01. The number of carbonyl (C=O) groups is 2. The number of benzene rings is 3. The van der Waals surface area contributed by atoms with Crippen LogP contribution in [0.1, 0.15) is 31.9 Å². The minimum Gasteiger partial charge on any atom is -0.486 e. The second-order valence-electron chi connectivity index (χ2n) is 9.76. The Labute approximate surface area is 225 Å². The molecule has 1 atom stereocenters. The molecule has 1 aliphatic heterocycles. The molecule has 0 saturated heterocycles. The standard InChI is InChI=1S/C29H30FN5O4/c1-19(2)13-14-31-29(37)28(20-7-9-21(30)10-8-20)35(22-11-12-25-26(17-22)39-16-15-38-25)27(36)18-34-24-6-4-3-5-23(24)32-33-34/h3-12,17,19,28H,13-16,18H2,1-2H3,(H,31,37)/t28-/m0/s1. The van der Waals surface area contributed by atoms with Crippen LogP contribution in [0, 0.1) is 11.7 Å². The molecule has 0 radical (unpaired) electrons. The summed E-state index contributed by atoms with van der Waals surface area (Å²) in [5.41, 5.74) is 2.23. The van der Waals surface area contributed by atoms with Gasteiger partial charge in [0.2, 0.25) is 11.8 Å². The van der Waals surface area contributed by atoms with E-state index in [2.05, 4.69) is 29.5 Å². The fraction of sp³-hybridized carbons (Fsp3) is 0.310. The number of aromatic nitrogens is 3. The summed E-state index contributed by atoms with van der Waals surface area (Å²) < 4.78 is 26.8. The van der Waals surface area contributed by atoms with Gasteiger partial charge in [0, 0.05) is 18.3 Å². The first-order chi connectivity index (χ1) is 18.9. The Morgan fingerprint density at radius 3 is 2.54 bits per heavy atom. The van der Waals surface area contributed by atoms with E-state index in [0.717, 1.165) is 6.42 Å². The Bertz CT molecular complexity index is 1470. The molecule has 3 aromatic carbocycles. The van der Waals surface area contributed by atoms with E-state index in [9.17, 15) is 14.0 Å². The van der Waals surface area contributed by atoms with Crippen LogP contribution in [-0.2, 0) is 16.1 Å². The lowest BCUT2D eigenvalue weighted by Crippen LogP contribution is -2.45. The van der Waals surface area contributed by atoms with Crippen LogP contribution in [0.4, 0.5) is 10.1 Å². The Balaban J connectivity index is 1.57. The third-order valence-corrected chi connectivity index (χ3v) is 6.49. The van der Waals surface area contributed by atoms with Crippen LogP contribution in [0.3, 0.4) is 0 Å². The number of amides is 2. The molecule has 5 rings (SSSR count). The lowest BCUT2D eigenvalue weighted by Gasteiger charge is -2.32. The van der Waals surface area contributed by atoms with Gasteiger partial charge < -0.3 is 14.8 Å². The average Bonchev–Trinajstić information content (AvgIpc) is 3.34. The van der Waals surface area contributed by atoms with Crippen molar-refractivity contribution >= 4 is 28.5 Å². The van der Waals surface area contributed by atoms with Gasteiger partial charge in [0.05, 0.1) is 5.52 Å². The summed E-state index contributed by atoms with van der Waals surface area (Å²) in [5, 5.41) is 11.3. The molecule has 0 aliphatic carbocycles. The average molecular weight is 532 g/mol. The molecule has 1 N–H and O–H groups in total. The van der Waals surface area contributed by atoms with Gasteiger partial charge in [-0.1, -0.05) is 43.3 Å². The van der Waals surface area contributed by atoms with Crippen LogP contribution in [-0.4, -0.2) is 46.6 Å². The number of carbonyl (C=O) groups excluding carboxylic acids is 2. The van der Waals surface area contributed by atoms with E-state index in [4.69, 9.17) is 9.47 Å². The van der Waals surface area contributed by atoms with Gasteiger partial charge in [0.25, 0.3) is 0 Å². The molecule has 4 aromatic rings. The molecule has 1 aliphatic rings. The Hall–Kier alpha value is -4.47. The molecule has 2 heterocycles. The third kappa shape index (κ3) is 5.84. The Morgan fingerprint density at radius 2 is 1.77 bits per heavy atom. The van der Waals surface area contributed by atoms with Crippen molar-refractivity contribution in [1.29, 1.82) is 0 Å². The fourth-order valence-corrected chi connectivity index (χ4v) is 4.50. The number of rotatable bonds is 9. The van der Waals surface area contributed by atoms with Crippen molar-refractivity contribution in [2.75, 3.05) is 24.7 Å². The molecular weight excluding hydrogens is 501 g/mol. The fourth-order valence-electron chi connectivity index (χ4n) is 4.50. The highest BCUT2D eigenvalue weighted by Crippen LogP contribution is 2.37. The molecule has 39 heavy (non-hydrogen) atoms. The zero-order valence-corrected chi connectivity index (χ0v) is 21.8. The maximum absolute atomic E-state index is 14.1. The van der Waals surface area contributed by atoms with Crippen molar-refractivity contribution in [2.45, 2.75) is 32.9 Å². The molecule has 0 fully saturated rings. The first kappa shape index (κ1) is 26.1. The maximum Gasteiger partial charge on any atom is 0.249 e. The smallest absolute Gasteiger partial charge is 0.249 e. The van der Waals surface area contributed by atoms with Crippen molar-refractivity contribution in [1.82, 2.24) is 20.3 Å². The van der Waals surface area contributed by atoms with Crippen LogP contribution in [0.5, 0.6) is 11.5 Å². The molecule has 0 spiro atoms. The number of anilines is 1. The largest absolute Gasteiger partial charge is 0.486 e. The number of para-hydroxylation sites is 1. The number of nitrogens with one attached hydrogen (secondary N) is 1. The SMILES string of the molecule is CC(C)CCNC(=O)[C@H](c1ccc(F)cc1)N(C(=O)Cn1nnc2ccccc21)c1ccc2c(c1)OCCO2. The summed E-state index contributed by atoms with van der Waals surface area (Å²) in [6.07, 6.45) is 0.769. The van der Waals surface area contributed by atoms with Crippen LogP contribution in [0.25, 0.3) is 11.0 Å². The summed E-state index contributed by atoms with van der Waals surface area (Å²) in [5.74, 6) is 0.180. The highest BCUT2D eigenvalue weighted by atomic mass is 19.1. The van der Waals surface area contributed by atoms with Gasteiger partial charge in [-0.05, 0) is 54.3 Å². The van der Waals surface area contributed by atoms with Crippen LogP contribution in [0.15, 0.2) is 66.7 Å². The van der Waals surface area contributed by atoms with Gasteiger partial charge in [0.15, 0.2) is 11.5 Å². The van der Waals surface area contributed by atoms with Crippen molar-refractivity contribution in [2.24, 2.45) is 5.92 Å². The summed E-state index contributed by atoms with van der Waals surface area (Å²) in [6.45, 7) is 5.18. The second kappa shape index (κ2) is 11.5. The zero-order valence-electron chi connectivity index (χ0n) is 21.8. The topological polar surface area (TPSA) is 98.6 Å². The van der Waals surface area contributed by atoms with Gasteiger partial charge in [0.1, 0.15) is 37.1 Å². The van der Waals surface area contributed by atoms with E-state index in [1.54, 1.807) is 18.2 Å². The number of hydrogen-bond donors (Lipinski definition) is 1. The van der Waals surface area contributed by atoms with Crippen LogP contribution >= 0.6 is 0 Å². The normalized spacial score (nSPS) is 13.3. The molecule has 2 amide bonds. The maximum atomic E-state index is 14.1. The number of fused-ring (bicyclic) bond motifs is 2. The minimum absolute atomic E-state index is 0.175. The molecule has 9 nitrogen and oxygen atoms in total. The van der Waals surface area contributed by atoms with Gasteiger partial charge >= 0.3 is 0 Å². The summed E-state index contributed by atoms with van der Waals surface area (Å²) >= 11 is 0. The first-order valence-corrected chi connectivity index (χ1v) is 12.9. The Morgan fingerprint density at radius 1 is 1.03 bits per heavy atom. The van der Waals surface area contributed by atoms with Crippen molar-refractivity contribution in [3.63, 3.8) is 0 Å². The molecular formula is C29H30FN5O4. The van der Waals surface area contributed by atoms with Crippen LogP contribution < -0.4 is 19.7 Å². The van der Waals surface area contributed by atoms with E-state index < -0.39 is 17.8 Å². The number of nitrogens with zero attached hydrogens (tertiary/aromatic N) is 4. The zero-order chi connectivity index (χ0) is 27.4. The lowest BCUT2D eigenvalue weighted by atomic mass is 10.0. The molecule has 0 bridgehead atoms. The first-order valence-electron chi connectivity index (χ1n) is 12.9. The summed E-state index contributed by atoms with van der Waals surface area (Å²) in [6, 6.07) is 16.9. The van der Waals surface area contributed by atoms with E-state index in [1.165, 1.54) is 33.8 Å². The molecule has 202 valence electrons. The van der Waals surface area contributed by atoms with E-state index in [1.807, 2.05) is 24.3 Å². The number of ether oxygens (including phenoxy) is 2. The number of hydrogen-bond acceptors (Lipinski definition) is 6. The monoisotopic (exact) mass is 531 g/mol. The predicted molar refractivity (Wildman–Crippen MR) is 144 cm³/mol.